The van der Waals surface area contributed by atoms with Crippen LogP contribution in [0.25, 0.3) is 0 Å². The lowest BCUT2D eigenvalue weighted by Gasteiger charge is -2.30. The first-order valence-corrected chi connectivity index (χ1v) is 6.44. The number of carbonyl (C=O) groups is 1. The summed E-state index contributed by atoms with van der Waals surface area (Å²) in [6, 6.07) is 5.79. The Bertz CT molecular complexity index is 482. The van der Waals surface area contributed by atoms with E-state index >= 15 is 0 Å². The van der Waals surface area contributed by atoms with E-state index < -0.39 is 0 Å². The zero-order valence-electron chi connectivity index (χ0n) is 12.0. The molecule has 0 bridgehead atoms. The fourth-order valence-electron chi connectivity index (χ4n) is 2.54. The molecule has 1 saturated heterocycles. The van der Waals surface area contributed by atoms with Gasteiger partial charge in [0.25, 0.3) is 0 Å². The molecule has 1 fully saturated rings. The van der Waals surface area contributed by atoms with E-state index in [1.165, 1.54) is 0 Å². The second-order valence-electron chi connectivity index (χ2n) is 5.56. The van der Waals surface area contributed by atoms with Gasteiger partial charge in [0.2, 0.25) is 0 Å². The van der Waals surface area contributed by atoms with Gasteiger partial charge in [0.15, 0.2) is 0 Å². The number of ketones is 1. The molecule has 104 valence electrons. The Kier molecular flexibility index (Phi) is 3.80. The molecule has 2 rings (SSSR count). The van der Waals surface area contributed by atoms with Gasteiger partial charge in [-0.15, -0.1) is 0 Å². The molecule has 0 N–H and O–H groups in total. The first-order valence-electron chi connectivity index (χ1n) is 6.44. The number of hydrogen-bond donors (Lipinski definition) is 0. The summed E-state index contributed by atoms with van der Waals surface area (Å²) in [5, 5.41) is 0. The average molecular weight is 263 g/mol. The fraction of sp³-hybridized carbons (Fsp3) is 0.533. The highest BCUT2D eigenvalue weighted by molar-refractivity contribution is 5.84. The molecule has 0 unspecified atom stereocenters. The predicted molar refractivity (Wildman–Crippen MR) is 73.7 cm³/mol. The van der Waals surface area contributed by atoms with E-state index in [2.05, 4.69) is 18.7 Å². The molecular weight excluding hydrogens is 242 g/mol. The predicted octanol–water partition coefficient (Wildman–Crippen LogP) is 2.26. The molecule has 19 heavy (non-hydrogen) atoms. The van der Waals surface area contributed by atoms with Crippen LogP contribution in [0.2, 0.25) is 0 Å². The van der Waals surface area contributed by atoms with Crippen molar-refractivity contribution in [3.05, 3.63) is 23.8 Å². The van der Waals surface area contributed by atoms with Crippen LogP contribution in [0.15, 0.2) is 18.2 Å². The fourth-order valence-corrected chi connectivity index (χ4v) is 2.54. The average Bonchev–Trinajstić information content (AvgIpc) is 2.62. The van der Waals surface area contributed by atoms with Crippen molar-refractivity contribution in [3.63, 3.8) is 0 Å². The minimum Gasteiger partial charge on any atom is -0.497 e. The lowest BCUT2D eigenvalue weighted by Crippen LogP contribution is -2.37. The molecule has 0 aliphatic carbocycles. The first-order chi connectivity index (χ1) is 8.96. The number of likely N-dealkylation sites (tertiary alicyclic amines) is 1. The van der Waals surface area contributed by atoms with Gasteiger partial charge in [0.1, 0.15) is 17.3 Å². The Morgan fingerprint density at radius 3 is 2.53 bits per heavy atom. The van der Waals surface area contributed by atoms with Crippen LogP contribution in [-0.2, 0) is 11.3 Å². The summed E-state index contributed by atoms with van der Waals surface area (Å²) in [6.45, 7) is 5.44. The zero-order chi connectivity index (χ0) is 14.0. The van der Waals surface area contributed by atoms with Crippen molar-refractivity contribution < 1.29 is 14.3 Å². The Balaban J connectivity index is 2.21. The van der Waals surface area contributed by atoms with Gasteiger partial charge in [-0.25, -0.2) is 0 Å². The maximum Gasteiger partial charge on any atom is 0.148 e. The minimum absolute atomic E-state index is 0.0813. The van der Waals surface area contributed by atoms with Gasteiger partial charge in [-0.05, 0) is 19.9 Å². The molecule has 0 aromatic heterocycles. The van der Waals surface area contributed by atoms with Gasteiger partial charge in [-0.1, -0.05) is 6.07 Å². The minimum atomic E-state index is -0.0813. The Morgan fingerprint density at radius 2 is 2.00 bits per heavy atom. The van der Waals surface area contributed by atoms with Crippen LogP contribution in [-0.4, -0.2) is 37.0 Å². The molecule has 1 aromatic rings. The maximum absolute atomic E-state index is 11.6. The monoisotopic (exact) mass is 263 g/mol. The van der Waals surface area contributed by atoms with Crippen molar-refractivity contribution >= 4 is 5.78 Å². The molecule has 1 aromatic carbocycles. The SMILES string of the molecule is COc1ccc(CN2CC(=O)CC2(C)C)c(OC)c1. The van der Waals surface area contributed by atoms with Crippen molar-refractivity contribution in [2.45, 2.75) is 32.4 Å². The maximum atomic E-state index is 11.6. The molecule has 0 saturated carbocycles. The third kappa shape index (κ3) is 2.89. The summed E-state index contributed by atoms with van der Waals surface area (Å²) in [4.78, 5) is 13.8. The number of nitrogens with zero attached hydrogens (tertiary/aromatic N) is 1. The molecule has 1 aliphatic heterocycles. The molecule has 0 atom stereocenters. The summed E-state index contributed by atoms with van der Waals surface area (Å²) < 4.78 is 10.6. The Hall–Kier alpha value is -1.55. The van der Waals surface area contributed by atoms with E-state index in [0.717, 1.165) is 17.1 Å². The lowest BCUT2D eigenvalue weighted by molar-refractivity contribution is -0.117. The van der Waals surface area contributed by atoms with Gasteiger partial charge >= 0.3 is 0 Å². The molecule has 1 aliphatic rings. The Morgan fingerprint density at radius 1 is 1.26 bits per heavy atom. The van der Waals surface area contributed by atoms with Crippen LogP contribution in [0, 0.1) is 0 Å². The van der Waals surface area contributed by atoms with Gasteiger partial charge in [-0.3, -0.25) is 9.69 Å². The molecule has 4 heteroatoms. The van der Waals surface area contributed by atoms with E-state index in [9.17, 15) is 4.79 Å². The van der Waals surface area contributed by atoms with Crippen molar-refractivity contribution in [2.75, 3.05) is 20.8 Å². The van der Waals surface area contributed by atoms with Gasteiger partial charge in [-0.2, -0.15) is 0 Å². The molecule has 0 radical (unpaired) electrons. The zero-order valence-corrected chi connectivity index (χ0v) is 12.0. The quantitative estimate of drug-likeness (QED) is 0.835. The van der Waals surface area contributed by atoms with Crippen LogP contribution in [0.4, 0.5) is 0 Å². The summed E-state index contributed by atoms with van der Waals surface area (Å²) in [5.41, 5.74) is 0.994. The summed E-state index contributed by atoms with van der Waals surface area (Å²) >= 11 is 0. The van der Waals surface area contributed by atoms with E-state index in [1.54, 1.807) is 14.2 Å². The summed E-state index contributed by atoms with van der Waals surface area (Å²) in [7, 11) is 3.29. The highest BCUT2D eigenvalue weighted by Gasteiger charge is 2.37. The van der Waals surface area contributed by atoms with Crippen molar-refractivity contribution in [2.24, 2.45) is 0 Å². The highest BCUT2D eigenvalue weighted by atomic mass is 16.5. The molecule has 4 nitrogen and oxygen atoms in total. The van der Waals surface area contributed by atoms with Crippen molar-refractivity contribution in [3.8, 4) is 11.5 Å². The standard InChI is InChI=1S/C15H21NO3/c1-15(2)8-12(17)10-16(15)9-11-5-6-13(18-3)7-14(11)19-4/h5-7H,8-10H2,1-4H3. The Labute approximate surface area is 114 Å². The number of methoxy groups -OCH3 is 2. The molecule has 0 spiro atoms. The number of benzene rings is 1. The van der Waals surface area contributed by atoms with E-state index in [-0.39, 0.29) is 5.54 Å². The second-order valence-corrected chi connectivity index (χ2v) is 5.56. The van der Waals surface area contributed by atoms with Crippen LogP contribution in [0.5, 0.6) is 11.5 Å². The number of hydrogen-bond acceptors (Lipinski definition) is 4. The summed E-state index contributed by atoms with van der Waals surface area (Å²) in [5.74, 6) is 1.88. The van der Waals surface area contributed by atoms with E-state index in [0.29, 0.717) is 25.3 Å². The number of carbonyl (C=O) groups excluding carboxylic acids is 1. The van der Waals surface area contributed by atoms with Crippen LogP contribution < -0.4 is 9.47 Å². The second kappa shape index (κ2) is 5.21. The van der Waals surface area contributed by atoms with Gasteiger partial charge < -0.3 is 9.47 Å². The van der Waals surface area contributed by atoms with Crippen LogP contribution >= 0.6 is 0 Å². The van der Waals surface area contributed by atoms with Crippen molar-refractivity contribution in [1.29, 1.82) is 0 Å². The van der Waals surface area contributed by atoms with E-state index in [4.69, 9.17) is 9.47 Å². The summed E-state index contributed by atoms with van der Waals surface area (Å²) in [6.07, 6.45) is 0.617. The van der Waals surface area contributed by atoms with Gasteiger partial charge in [0, 0.05) is 30.1 Å². The number of Topliss-reactive ketones (excluding diaryl/α,β-unsaturated/α-hetero) is 1. The highest BCUT2D eigenvalue weighted by Crippen LogP contribution is 2.31. The van der Waals surface area contributed by atoms with Crippen LogP contribution in [0.1, 0.15) is 25.8 Å². The lowest BCUT2D eigenvalue weighted by atomic mass is 10.0. The third-order valence-corrected chi connectivity index (χ3v) is 3.71. The third-order valence-electron chi connectivity index (χ3n) is 3.71. The smallest absolute Gasteiger partial charge is 0.148 e. The van der Waals surface area contributed by atoms with Crippen molar-refractivity contribution in [1.82, 2.24) is 4.90 Å². The van der Waals surface area contributed by atoms with E-state index in [1.807, 2.05) is 18.2 Å². The number of ether oxygens (including phenoxy) is 2. The molecular formula is C15H21NO3. The number of rotatable bonds is 4. The first kappa shape index (κ1) is 13.9. The topological polar surface area (TPSA) is 38.8 Å². The largest absolute Gasteiger partial charge is 0.497 e. The molecule has 1 heterocycles. The molecule has 0 amide bonds. The van der Waals surface area contributed by atoms with Gasteiger partial charge in [0.05, 0.1) is 20.8 Å². The normalized spacial score (nSPS) is 18.6. The van der Waals surface area contributed by atoms with Crippen LogP contribution in [0.3, 0.4) is 0 Å².